The minimum atomic E-state index is -0.282. The molecule has 1 aromatic carbocycles. The number of nitrogens with zero attached hydrogens (tertiary/aromatic N) is 1. The Morgan fingerprint density at radius 3 is 2.47 bits per heavy atom. The Hall–Kier alpha value is -2.10. The van der Waals surface area contributed by atoms with Crippen LogP contribution in [0.25, 0.3) is 5.69 Å². The Labute approximate surface area is 85.8 Å². The molecule has 4 heteroatoms. The number of aryl methyl sites for hydroxylation is 1. The number of aromatic amines is 1. The molecule has 0 bridgehead atoms. The summed E-state index contributed by atoms with van der Waals surface area (Å²) in [6, 6.07) is 10.3. The van der Waals surface area contributed by atoms with Crippen molar-refractivity contribution in [2.45, 2.75) is 6.92 Å². The third-order valence-corrected chi connectivity index (χ3v) is 2.12. The Bertz CT molecular complexity index is 582. The number of H-pyrrole nitrogens is 1. The van der Waals surface area contributed by atoms with E-state index in [0.29, 0.717) is 11.3 Å². The second kappa shape index (κ2) is 3.57. The molecule has 0 spiro atoms. The molecule has 0 aliphatic carbocycles. The van der Waals surface area contributed by atoms with E-state index in [9.17, 15) is 9.59 Å². The van der Waals surface area contributed by atoms with Gasteiger partial charge in [-0.15, -0.1) is 0 Å². The van der Waals surface area contributed by atoms with Crippen molar-refractivity contribution in [3.05, 3.63) is 62.7 Å². The van der Waals surface area contributed by atoms with Gasteiger partial charge in [0.1, 0.15) is 0 Å². The monoisotopic (exact) mass is 202 g/mol. The van der Waals surface area contributed by atoms with Crippen LogP contribution in [-0.2, 0) is 0 Å². The van der Waals surface area contributed by atoms with Gasteiger partial charge < -0.3 is 0 Å². The zero-order valence-electron chi connectivity index (χ0n) is 8.23. The lowest BCUT2D eigenvalue weighted by atomic mass is 10.3. The van der Waals surface area contributed by atoms with Crippen LogP contribution in [-0.4, -0.2) is 9.78 Å². The van der Waals surface area contributed by atoms with Crippen LogP contribution in [0.3, 0.4) is 0 Å². The van der Waals surface area contributed by atoms with Gasteiger partial charge in [-0.2, -0.15) is 0 Å². The highest BCUT2D eigenvalue weighted by atomic mass is 16.2. The van der Waals surface area contributed by atoms with Crippen LogP contribution >= 0.6 is 0 Å². The summed E-state index contributed by atoms with van der Waals surface area (Å²) in [7, 11) is 0. The fourth-order valence-electron chi connectivity index (χ4n) is 1.39. The van der Waals surface area contributed by atoms with Gasteiger partial charge in [-0.1, -0.05) is 18.2 Å². The lowest BCUT2D eigenvalue weighted by Crippen LogP contribution is -2.29. The molecule has 0 atom stereocenters. The van der Waals surface area contributed by atoms with E-state index in [1.54, 1.807) is 19.1 Å². The Morgan fingerprint density at radius 1 is 1.13 bits per heavy atom. The van der Waals surface area contributed by atoms with Crippen LogP contribution in [0.2, 0.25) is 0 Å². The van der Waals surface area contributed by atoms with Crippen LogP contribution in [0.4, 0.5) is 0 Å². The number of hydrogen-bond acceptors (Lipinski definition) is 2. The summed E-state index contributed by atoms with van der Waals surface area (Å²) in [5.74, 6) is 0. The van der Waals surface area contributed by atoms with E-state index in [0.717, 1.165) is 0 Å². The average molecular weight is 202 g/mol. The Kier molecular flexibility index (Phi) is 2.25. The Morgan fingerprint density at radius 2 is 1.80 bits per heavy atom. The molecule has 15 heavy (non-hydrogen) atoms. The molecule has 1 heterocycles. The van der Waals surface area contributed by atoms with E-state index in [1.165, 1.54) is 10.7 Å². The normalized spacial score (nSPS) is 10.2. The molecule has 0 unspecified atom stereocenters. The van der Waals surface area contributed by atoms with Crippen LogP contribution < -0.4 is 11.1 Å². The maximum atomic E-state index is 11.7. The van der Waals surface area contributed by atoms with Gasteiger partial charge in [-0.05, 0) is 19.1 Å². The molecule has 0 saturated heterocycles. The van der Waals surface area contributed by atoms with Crippen molar-refractivity contribution < 1.29 is 0 Å². The molecular weight excluding hydrogens is 192 g/mol. The third-order valence-electron chi connectivity index (χ3n) is 2.12. The summed E-state index contributed by atoms with van der Waals surface area (Å²) in [5.41, 5.74) is 0.600. The van der Waals surface area contributed by atoms with E-state index in [-0.39, 0.29) is 11.1 Å². The molecule has 1 aromatic heterocycles. The lowest BCUT2D eigenvalue weighted by Gasteiger charge is -2.04. The highest BCUT2D eigenvalue weighted by Crippen LogP contribution is 2.00. The second-order valence-corrected chi connectivity index (χ2v) is 3.28. The van der Waals surface area contributed by atoms with Crippen molar-refractivity contribution in [1.82, 2.24) is 9.78 Å². The number of benzene rings is 1. The highest BCUT2D eigenvalue weighted by Gasteiger charge is 2.02. The number of aromatic nitrogens is 2. The molecule has 1 N–H and O–H groups in total. The standard InChI is InChI=1S/C11H10N2O2/c1-8-7-10(14)12-13(11(8)15)9-5-3-2-4-6-9/h2-7H,1H3,(H,12,14). The maximum Gasteiger partial charge on any atom is 0.272 e. The molecule has 76 valence electrons. The molecular formula is C11H10N2O2. The van der Waals surface area contributed by atoms with Gasteiger partial charge in [0, 0.05) is 11.6 Å². The highest BCUT2D eigenvalue weighted by molar-refractivity contribution is 5.30. The predicted octanol–water partition coefficient (Wildman–Crippen LogP) is 0.834. The summed E-state index contributed by atoms with van der Waals surface area (Å²) in [6.45, 7) is 1.62. The molecule has 0 saturated carbocycles. The molecule has 0 aliphatic rings. The maximum absolute atomic E-state index is 11.7. The van der Waals surface area contributed by atoms with E-state index in [1.807, 2.05) is 18.2 Å². The molecule has 0 amide bonds. The van der Waals surface area contributed by atoms with Gasteiger partial charge in [0.25, 0.3) is 11.1 Å². The van der Waals surface area contributed by atoms with Gasteiger partial charge >= 0.3 is 0 Å². The van der Waals surface area contributed by atoms with E-state index in [4.69, 9.17) is 0 Å². The van der Waals surface area contributed by atoms with Crippen molar-refractivity contribution in [3.63, 3.8) is 0 Å². The van der Waals surface area contributed by atoms with Crippen LogP contribution in [0.15, 0.2) is 46.0 Å². The first-order valence-corrected chi connectivity index (χ1v) is 4.57. The van der Waals surface area contributed by atoms with Crippen molar-refractivity contribution in [2.24, 2.45) is 0 Å². The largest absolute Gasteiger partial charge is 0.272 e. The number of hydrogen-bond donors (Lipinski definition) is 1. The molecule has 0 aliphatic heterocycles. The fraction of sp³-hybridized carbons (Fsp3) is 0.0909. The number of para-hydroxylation sites is 1. The summed E-state index contributed by atoms with van der Waals surface area (Å²) in [6.07, 6.45) is 0. The quantitative estimate of drug-likeness (QED) is 0.744. The van der Waals surface area contributed by atoms with Gasteiger partial charge in [0.2, 0.25) is 0 Å². The van der Waals surface area contributed by atoms with Crippen molar-refractivity contribution in [3.8, 4) is 5.69 Å². The first-order chi connectivity index (χ1) is 7.18. The van der Waals surface area contributed by atoms with Crippen molar-refractivity contribution in [1.29, 1.82) is 0 Å². The van der Waals surface area contributed by atoms with Crippen molar-refractivity contribution >= 4 is 0 Å². The van der Waals surface area contributed by atoms with E-state index < -0.39 is 0 Å². The van der Waals surface area contributed by atoms with Gasteiger partial charge in [-0.25, -0.2) is 4.68 Å². The van der Waals surface area contributed by atoms with Crippen molar-refractivity contribution in [2.75, 3.05) is 0 Å². The van der Waals surface area contributed by atoms with Gasteiger partial charge in [0.15, 0.2) is 0 Å². The van der Waals surface area contributed by atoms with Gasteiger partial charge in [-0.3, -0.25) is 14.7 Å². The molecule has 4 nitrogen and oxygen atoms in total. The van der Waals surface area contributed by atoms with Crippen LogP contribution in [0.1, 0.15) is 5.56 Å². The number of rotatable bonds is 1. The van der Waals surface area contributed by atoms with Gasteiger partial charge in [0.05, 0.1) is 5.69 Å². The van der Waals surface area contributed by atoms with E-state index in [2.05, 4.69) is 5.10 Å². The zero-order valence-corrected chi connectivity index (χ0v) is 8.23. The Balaban J connectivity index is 2.74. The summed E-state index contributed by atoms with van der Waals surface area (Å²) >= 11 is 0. The summed E-state index contributed by atoms with van der Waals surface area (Å²) in [5, 5.41) is 2.48. The smallest absolute Gasteiger partial charge is 0.268 e. The fourth-order valence-corrected chi connectivity index (χ4v) is 1.39. The molecule has 2 rings (SSSR count). The molecule has 0 radical (unpaired) electrons. The summed E-state index contributed by atoms with van der Waals surface area (Å²) in [4.78, 5) is 22.9. The minimum Gasteiger partial charge on any atom is -0.268 e. The van der Waals surface area contributed by atoms with E-state index >= 15 is 0 Å². The first kappa shape index (κ1) is 9.45. The third kappa shape index (κ3) is 1.74. The lowest BCUT2D eigenvalue weighted by molar-refractivity contribution is 0.776. The minimum absolute atomic E-state index is 0.208. The predicted molar refractivity (Wildman–Crippen MR) is 57.4 cm³/mol. The second-order valence-electron chi connectivity index (χ2n) is 3.28. The first-order valence-electron chi connectivity index (χ1n) is 4.57. The summed E-state index contributed by atoms with van der Waals surface area (Å²) < 4.78 is 1.25. The zero-order chi connectivity index (χ0) is 10.8. The van der Waals surface area contributed by atoms with Crippen LogP contribution in [0.5, 0.6) is 0 Å². The SMILES string of the molecule is Cc1cc(=O)[nH]n(-c2ccccc2)c1=O. The molecule has 2 aromatic rings. The number of nitrogens with one attached hydrogen (secondary N) is 1. The molecule has 0 fully saturated rings. The average Bonchev–Trinajstić information content (AvgIpc) is 2.24. The van der Waals surface area contributed by atoms with Crippen LogP contribution in [0, 0.1) is 6.92 Å². The topological polar surface area (TPSA) is 54.9 Å².